The number of anilines is 1. The maximum atomic E-state index is 6.80. The molecule has 0 radical (unpaired) electrons. The molecule has 32 heavy (non-hydrogen) atoms. The van der Waals surface area contributed by atoms with E-state index in [1.54, 1.807) is 17.7 Å². The van der Waals surface area contributed by atoms with E-state index in [1.807, 2.05) is 6.20 Å². The van der Waals surface area contributed by atoms with Gasteiger partial charge in [-0.25, -0.2) is 9.97 Å². The van der Waals surface area contributed by atoms with E-state index < -0.39 is 0 Å². The van der Waals surface area contributed by atoms with Crippen LogP contribution in [0, 0.1) is 5.92 Å². The molecule has 1 N–H and O–H groups in total. The number of nitrogens with zero attached hydrogens (tertiary/aromatic N) is 4. The van der Waals surface area contributed by atoms with Gasteiger partial charge in [-0.05, 0) is 54.4 Å². The van der Waals surface area contributed by atoms with Crippen LogP contribution in [0.1, 0.15) is 31.4 Å². The molecule has 6 nitrogen and oxygen atoms in total. The van der Waals surface area contributed by atoms with Crippen LogP contribution in [0.3, 0.4) is 0 Å². The molecule has 6 rings (SSSR count). The van der Waals surface area contributed by atoms with Crippen LogP contribution in [0.4, 0.5) is 5.82 Å². The zero-order valence-electron chi connectivity index (χ0n) is 18.4. The van der Waals surface area contributed by atoms with Crippen LogP contribution < -0.4 is 4.90 Å². The second-order valence-corrected chi connectivity index (χ2v) is 10.2. The number of piperidine rings is 1. The molecule has 4 aromatic rings. The maximum Gasteiger partial charge on any atom is 0.150 e. The lowest BCUT2D eigenvalue weighted by molar-refractivity contribution is -0.0463. The molecule has 3 unspecified atom stereocenters. The van der Waals surface area contributed by atoms with Crippen molar-refractivity contribution in [2.75, 3.05) is 37.6 Å². The van der Waals surface area contributed by atoms with Gasteiger partial charge in [0.1, 0.15) is 18.2 Å². The van der Waals surface area contributed by atoms with E-state index in [0.29, 0.717) is 0 Å². The summed E-state index contributed by atoms with van der Waals surface area (Å²) in [5, 5.41) is 3.35. The first-order chi connectivity index (χ1) is 15.7. The molecular weight excluding hydrogens is 418 g/mol. The molecule has 0 saturated carbocycles. The summed E-state index contributed by atoms with van der Waals surface area (Å²) in [5.74, 6) is 1.80. The fraction of sp³-hybridized carbons (Fsp3) is 0.440. The van der Waals surface area contributed by atoms with Crippen molar-refractivity contribution < 1.29 is 4.74 Å². The summed E-state index contributed by atoms with van der Waals surface area (Å²) in [7, 11) is 0. The second kappa shape index (κ2) is 8.46. The van der Waals surface area contributed by atoms with Gasteiger partial charge in [0.15, 0.2) is 0 Å². The fourth-order valence-electron chi connectivity index (χ4n) is 5.42. The largest absolute Gasteiger partial charge is 0.365 e. The average molecular weight is 448 g/mol. The van der Waals surface area contributed by atoms with E-state index in [-0.39, 0.29) is 12.2 Å². The lowest BCUT2D eigenvalue weighted by Crippen LogP contribution is -2.50. The zero-order chi connectivity index (χ0) is 21.5. The van der Waals surface area contributed by atoms with Crippen molar-refractivity contribution in [1.82, 2.24) is 19.9 Å². The summed E-state index contributed by atoms with van der Waals surface area (Å²) in [6.07, 6.45) is 6.47. The van der Waals surface area contributed by atoms with Gasteiger partial charge in [0, 0.05) is 43.3 Å². The molecule has 5 heterocycles. The quantitative estimate of drug-likeness (QED) is 0.485. The normalized spacial score (nSPS) is 25.0. The molecule has 3 atom stereocenters. The first kappa shape index (κ1) is 20.1. The predicted molar refractivity (Wildman–Crippen MR) is 130 cm³/mol. The zero-order valence-corrected chi connectivity index (χ0v) is 19.2. The van der Waals surface area contributed by atoms with Gasteiger partial charge in [-0.15, -0.1) is 11.3 Å². The maximum absolute atomic E-state index is 6.80. The van der Waals surface area contributed by atoms with Crippen LogP contribution in [-0.2, 0) is 4.74 Å². The van der Waals surface area contributed by atoms with Crippen molar-refractivity contribution in [2.45, 2.75) is 32.0 Å². The van der Waals surface area contributed by atoms with Gasteiger partial charge in [-0.2, -0.15) is 0 Å². The molecule has 2 saturated heterocycles. The Morgan fingerprint density at radius 3 is 3.06 bits per heavy atom. The third kappa shape index (κ3) is 3.78. The SMILES string of the molecule is CC1CCCN(CC2CN(c3ncnc4ccsc34)CC(c3cccc4[nH]ccc34)O2)C1. The number of H-pyrrole nitrogens is 1. The number of rotatable bonds is 4. The number of aromatic amines is 1. The first-order valence-electron chi connectivity index (χ1n) is 11.6. The number of thiophene rings is 1. The van der Waals surface area contributed by atoms with Gasteiger partial charge in [-0.3, -0.25) is 0 Å². The van der Waals surface area contributed by atoms with E-state index in [2.05, 4.69) is 62.4 Å². The average Bonchev–Trinajstić information content (AvgIpc) is 3.48. The number of nitrogens with one attached hydrogen (secondary N) is 1. The van der Waals surface area contributed by atoms with Crippen LogP contribution in [-0.4, -0.2) is 58.7 Å². The Morgan fingerprint density at radius 2 is 2.12 bits per heavy atom. The van der Waals surface area contributed by atoms with E-state index >= 15 is 0 Å². The summed E-state index contributed by atoms with van der Waals surface area (Å²) in [5.41, 5.74) is 3.44. The van der Waals surface area contributed by atoms with Gasteiger partial charge >= 0.3 is 0 Å². The van der Waals surface area contributed by atoms with Crippen molar-refractivity contribution in [2.24, 2.45) is 5.92 Å². The Kier molecular flexibility index (Phi) is 5.33. The molecule has 0 bridgehead atoms. The van der Waals surface area contributed by atoms with Crippen molar-refractivity contribution >= 4 is 38.3 Å². The number of ether oxygens (including phenoxy) is 1. The summed E-state index contributed by atoms with van der Waals surface area (Å²) in [6.45, 7) is 7.32. The lowest BCUT2D eigenvalue weighted by atomic mass is 9.99. The predicted octanol–water partition coefficient (Wildman–Crippen LogP) is 4.85. The van der Waals surface area contributed by atoms with Gasteiger partial charge in [0.05, 0.1) is 16.3 Å². The molecule has 2 fully saturated rings. The molecule has 166 valence electrons. The third-order valence-corrected chi connectivity index (χ3v) is 7.77. The molecule has 1 aromatic carbocycles. The molecule has 2 aliphatic heterocycles. The van der Waals surface area contributed by atoms with Gasteiger partial charge in [0.2, 0.25) is 0 Å². The van der Waals surface area contributed by atoms with Gasteiger partial charge in [0.25, 0.3) is 0 Å². The van der Waals surface area contributed by atoms with Crippen molar-refractivity contribution in [1.29, 1.82) is 0 Å². The molecule has 0 aliphatic carbocycles. The minimum Gasteiger partial charge on any atom is -0.365 e. The van der Waals surface area contributed by atoms with Crippen LogP contribution in [0.25, 0.3) is 21.1 Å². The Morgan fingerprint density at radius 1 is 1.16 bits per heavy atom. The van der Waals surface area contributed by atoms with Crippen LogP contribution >= 0.6 is 11.3 Å². The highest BCUT2D eigenvalue weighted by Crippen LogP contribution is 2.35. The molecule has 2 aliphatic rings. The number of benzene rings is 1. The Hall–Kier alpha value is -2.48. The van der Waals surface area contributed by atoms with Crippen LogP contribution in [0.5, 0.6) is 0 Å². The smallest absolute Gasteiger partial charge is 0.150 e. The van der Waals surface area contributed by atoms with E-state index in [0.717, 1.165) is 42.4 Å². The first-order valence-corrected chi connectivity index (χ1v) is 12.5. The van der Waals surface area contributed by atoms with Crippen LogP contribution in [0.15, 0.2) is 48.2 Å². The Labute approximate surface area is 192 Å². The third-order valence-electron chi connectivity index (χ3n) is 6.87. The van der Waals surface area contributed by atoms with Crippen molar-refractivity contribution in [3.05, 3.63) is 53.8 Å². The fourth-order valence-corrected chi connectivity index (χ4v) is 6.28. The monoisotopic (exact) mass is 447 g/mol. The number of aromatic nitrogens is 3. The second-order valence-electron chi connectivity index (χ2n) is 9.28. The van der Waals surface area contributed by atoms with Crippen molar-refractivity contribution in [3.63, 3.8) is 0 Å². The highest BCUT2D eigenvalue weighted by Gasteiger charge is 2.33. The molecule has 7 heteroatoms. The lowest BCUT2D eigenvalue weighted by Gasteiger charge is -2.42. The summed E-state index contributed by atoms with van der Waals surface area (Å²) in [4.78, 5) is 17.6. The van der Waals surface area contributed by atoms with E-state index in [9.17, 15) is 0 Å². The molecule has 0 spiro atoms. The van der Waals surface area contributed by atoms with Crippen LogP contribution in [0.2, 0.25) is 0 Å². The number of likely N-dealkylation sites (tertiary alicyclic amines) is 1. The topological polar surface area (TPSA) is 57.3 Å². The molecule has 3 aromatic heterocycles. The number of fused-ring (bicyclic) bond motifs is 2. The molecular formula is C25H29N5OS. The number of morpholine rings is 1. The van der Waals surface area contributed by atoms with Gasteiger partial charge in [-0.1, -0.05) is 19.1 Å². The standard InChI is InChI=1S/C25H29N5OS/c1-17-4-3-10-29(12-17)13-18-14-30(25-24-22(8-11-32-24)27-16-28-25)15-23(31-18)20-5-2-6-21-19(20)7-9-26-21/h2,5-9,11,16-18,23,26H,3-4,10,12-15H2,1H3. The highest BCUT2D eigenvalue weighted by molar-refractivity contribution is 7.17. The molecule has 0 amide bonds. The highest BCUT2D eigenvalue weighted by atomic mass is 32.1. The van der Waals surface area contributed by atoms with E-state index in [4.69, 9.17) is 9.72 Å². The van der Waals surface area contributed by atoms with E-state index in [1.165, 1.54) is 41.6 Å². The number of hydrogen-bond acceptors (Lipinski definition) is 6. The van der Waals surface area contributed by atoms with Crippen molar-refractivity contribution in [3.8, 4) is 0 Å². The summed E-state index contributed by atoms with van der Waals surface area (Å²) in [6, 6.07) is 10.7. The summed E-state index contributed by atoms with van der Waals surface area (Å²) < 4.78 is 7.96. The summed E-state index contributed by atoms with van der Waals surface area (Å²) >= 11 is 1.72. The number of hydrogen-bond donors (Lipinski definition) is 1. The Balaban J connectivity index is 1.34. The minimum absolute atomic E-state index is 0.000409. The minimum atomic E-state index is 0.000409. The van der Waals surface area contributed by atoms with Gasteiger partial charge < -0.3 is 19.5 Å². The Bertz CT molecular complexity index is 1140.